The van der Waals surface area contributed by atoms with Gasteiger partial charge in [-0.25, -0.2) is 0 Å². The molecule has 0 rings (SSSR count). The number of quaternary nitrogens is 1. The summed E-state index contributed by atoms with van der Waals surface area (Å²) in [6, 6.07) is 0. The number of aliphatic carboxylic acids is 1. The van der Waals surface area contributed by atoms with Crippen LogP contribution in [0.2, 0.25) is 0 Å². The summed E-state index contributed by atoms with van der Waals surface area (Å²) in [6.07, 6.45) is 28.7. The van der Waals surface area contributed by atoms with Crippen LogP contribution in [-0.2, 0) is 9.53 Å². The maximum Gasteiger partial charge on any atom is 0.112 e. The van der Waals surface area contributed by atoms with E-state index in [2.05, 4.69) is 55.5 Å². The van der Waals surface area contributed by atoms with Crippen molar-refractivity contribution in [1.29, 1.82) is 0 Å². The van der Waals surface area contributed by atoms with E-state index in [9.17, 15) is 9.90 Å². The SMILES string of the molecule is CCCCCC=CCC=CCC=CCC=CCCCCOC(CC(=O)[O-])C[N+](C)(C)C. The van der Waals surface area contributed by atoms with Gasteiger partial charge in [0.25, 0.3) is 0 Å². The number of carbonyl (C=O) groups excluding carboxylic acids is 1. The second kappa shape index (κ2) is 20.3. The first-order valence-corrected chi connectivity index (χ1v) is 12.1. The van der Waals surface area contributed by atoms with E-state index in [0.29, 0.717) is 17.6 Å². The highest BCUT2D eigenvalue weighted by Crippen LogP contribution is 2.07. The zero-order valence-electron chi connectivity index (χ0n) is 20.6. The lowest BCUT2D eigenvalue weighted by Gasteiger charge is -2.29. The zero-order chi connectivity index (χ0) is 23.2. The first-order chi connectivity index (χ1) is 14.8. The van der Waals surface area contributed by atoms with Crippen molar-refractivity contribution in [2.24, 2.45) is 0 Å². The van der Waals surface area contributed by atoms with E-state index in [0.717, 1.165) is 38.5 Å². The monoisotopic (exact) mass is 433 g/mol. The van der Waals surface area contributed by atoms with Crippen LogP contribution in [0.3, 0.4) is 0 Å². The molecule has 0 radical (unpaired) electrons. The van der Waals surface area contributed by atoms with Gasteiger partial charge in [0.15, 0.2) is 0 Å². The minimum Gasteiger partial charge on any atom is -0.550 e. The topological polar surface area (TPSA) is 49.4 Å². The smallest absolute Gasteiger partial charge is 0.112 e. The Morgan fingerprint density at radius 3 is 1.74 bits per heavy atom. The van der Waals surface area contributed by atoms with Crippen LogP contribution in [0.4, 0.5) is 0 Å². The van der Waals surface area contributed by atoms with E-state index in [1.165, 1.54) is 25.7 Å². The molecular formula is C27H47NO3. The molecule has 0 aromatic carbocycles. The van der Waals surface area contributed by atoms with Crippen molar-refractivity contribution in [3.63, 3.8) is 0 Å². The van der Waals surface area contributed by atoms with E-state index in [1.54, 1.807) is 0 Å². The molecular weight excluding hydrogens is 386 g/mol. The highest BCUT2D eigenvalue weighted by Gasteiger charge is 2.18. The van der Waals surface area contributed by atoms with Crippen molar-refractivity contribution in [3.8, 4) is 0 Å². The molecule has 0 fully saturated rings. The number of allylic oxidation sites excluding steroid dienone is 8. The Kier molecular flexibility index (Phi) is 19.2. The number of carbonyl (C=O) groups is 1. The standard InChI is InChI=1S/C27H47NO3/c1-5-6-7-8-9-10-11-12-13-14-15-16-17-18-19-20-21-22-23-31-26(24-27(29)30)25-28(2,3)4/h9-10,12-13,15-16,18-19,26H,5-8,11,14,17,20-25H2,1-4H3. The predicted molar refractivity (Wildman–Crippen MR) is 131 cm³/mol. The van der Waals surface area contributed by atoms with Crippen LogP contribution in [0.5, 0.6) is 0 Å². The molecule has 4 heteroatoms. The molecule has 0 aliphatic rings. The quantitative estimate of drug-likeness (QED) is 0.147. The molecule has 178 valence electrons. The summed E-state index contributed by atoms with van der Waals surface area (Å²) in [5.41, 5.74) is 0. The van der Waals surface area contributed by atoms with Gasteiger partial charge in [-0.2, -0.15) is 0 Å². The van der Waals surface area contributed by atoms with Gasteiger partial charge < -0.3 is 19.1 Å². The van der Waals surface area contributed by atoms with E-state index in [-0.39, 0.29) is 12.5 Å². The Balaban J connectivity index is 3.69. The van der Waals surface area contributed by atoms with Crippen molar-refractivity contribution in [2.75, 3.05) is 34.3 Å². The molecule has 1 atom stereocenters. The maximum absolute atomic E-state index is 10.9. The van der Waals surface area contributed by atoms with Gasteiger partial charge in [0.05, 0.1) is 21.1 Å². The molecule has 0 aliphatic carbocycles. The Hall–Kier alpha value is -1.65. The minimum absolute atomic E-state index is 0.0350. The Morgan fingerprint density at radius 1 is 0.806 bits per heavy atom. The maximum atomic E-state index is 10.9. The van der Waals surface area contributed by atoms with Gasteiger partial charge in [0, 0.05) is 19.0 Å². The van der Waals surface area contributed by atoms with Gasteiger partial charge in [0.2, 0.25) is 0 Å². The van der Waals surface area contributed by atoms with Crippen LogP contribution in [0.1, 0.15) is 77.6 Å². The molecule has 0 aromatic rings. The molecule has 0 aromatic heterocycles. The minimum atomic E-state index is -1.04. The zero-order valence-corrected chi connectivity index (χ0v) is 20.6. The van der Waals surface area contributed by atoms with Crippen molar-refractivity contribution >= 4 is 5.97 Å². The van der Waals surface area contributed by atoms with Crippen molar-refractivity contribution in [1.82, 2.24) is 0 Å². The van der Waals surface area contributed by atoms with Crippen LogP contribution < -0.4 is 5.11 Å². The molecule has 0 aliphatic heterocycles. The number of rotatable bonds is 20. The van der Waals surface area contributed by atoms with E-state index < -0.39 is 5.97 Å². The summed E-state index contributed by atoms with van der Waals surface area (Å²) in [4.78, 5) is 10.9. The molecule has 0 amide bonds. The van der Waals surface area contributed by atoms with E-state index in [1.807, 2.05) is 21.1 Å². The van der Waals surface area contributed by atoms with Crippen LogP contribution >= 0.6 is 0 Å². The lowest BCUT2D eigenvalue weighted by Crippen LogP contribution is -2.44. The third-order valence-electron chi connectivity index (χ3n) is 4.72. The highest BCUT2D eigenvalue weighted by molar-refractivity contribution is 5.64. The summed E-state index contributed by atoms with van der Waals surface area (Å²) in [6.45, 7) is 3.51. The third-order valence-corrected chi connectivity index (χ3v) is 4.72. The number of likely N-dealkylation sites (N-methyl/N-ethyl adjacent to an activating group) is 1. The second-order valence-corrected chi connectivity index (χ2v) is 9.13. The average molecular weight is 434 g/mol. The molecule has 0 heterocycles. The normalized spacial score (nSPS) is 13.9. The third kappa shape index (κ3) is 24.5. The molecule has 0 spiro atoms. The van der Waals surface area contributed by atoms with Gasteiger partial charge in [-0.3, -0.25) is 0 Å². The van der Waals surface area contributed by atoms with Crippen LogP contribution in [0.25, 0.3) is 0 Å². The first-order valence-electron chi connectivity index (χ1n) is 12.1. The molecule has 0 bridgehead atoms. The Bertz CT molecular complexity index is 541. The number of nitrogens with zero attached hydrogens (tertiary/aromatic N) is 1. The van der Waals surface area contributed by atoms with E-state index >= 15 is 0 Å². The van der Waals surface area contributed by atoms with Gasteiger partial charge in [0.1, 0.15) is 12.6 Å². The van der Waals surface area contributed by atoms with Crippen LogP contribution in [-0.4, -0.2) is 50.9 Å². The number of carboxylic acids is 1. The van der Waals surface area contributed by atoms with Crippen molar-refractivity contribution in [3.05, 3.63) is 48.6 Å². The Morgan fingerprint density at radius 2 is 1.29 bits per heavy atom. The van der Waals surface area contributed by atoms with Crippen molar-refractivity contribution < 1.29 is 19.1 Å². The lowest BCUT2D eigenvalue weighted by atomic mass is 10.2. The first kappa shape index (κ1) is 29.4. The summed E-state index contributed by atoms with van der Waals surface area (Å²) in [7, 11) is 6.11. The lowest BCUT2D eigenvalue weighted by molar-refractivity contribution is -0.873. The van der Waals surface area contributed by atoms with E-state index in [4.69, 9.17) is 4.74 Å². The summed E-state index contributed by atoms with van der Waals surface area (Å²) < 4.78 is 6.46. The largest absolute Gasteiger partial charge is 0.550 e. The second-order valence-electron chi connectivity index (χ2n) is 9.13. The van der Waals surface area contributed by atoms with Crippen LogP contribution in [0, 0.1) is 0 Å². The summed E-state index contributed by atoms with van der Waals surface area (Å²) in [5.74, 6) is -1.04. The molecule has 1 unspecified atom stereocenters. The molecule has 31 heavy (non-hydrogen) atoms. The summed E-state index contributed by atoms with van der Waals surface area (Å²) >= 11 is 0. The van der Waals surface area contributed by atoms with Gasteiger partial charge in [-0.05, 0) is 51.4 Å². The highest BCUT2D eigenvalue weighted by atomic mass is 16.5. The average Bonchev–Trinajstić information content (AvgIpc) is 2.68. The fourth-order valence-corrected chi connectivity index (χ4v) is 3.15. The number of unbranched alkanes of at least 4 members (excludes halogenated alkanes) is 5. The van der Waals surface area contributed by atoms with Gasteiger partial charge in [-0.1, -0.05) is 68.4 Å². The molecule has 0 N–H and O–H groups in total. The fraction of sp³-hybridized carbons (Fsp3) is 0.667. The van der Waals surface area contributed by atoms with Crippen molar-refractivity contribution in [2.45, 2.75) is 83.7 Å². The number of hydrogen-bond acceptors (Lipinski definition) is 3. The number of carboxylic acid groups (broad SMARTS) is 1. The summed E-state index contributed by atoms with van der Waals surface area (Å²) in [5, 5.41) is 10.9. The predicted octanol–water partition coefficient (Wildman–Crippen LogP) is 5.36. The number of hydrogen-bond donors (Lipinski definition) is 0. The number of ether oxygens (including phenoxy) is 1. The van der Waals surface area contributed by atoms with Crippen LogP contribution in [0.15, 0.2) is 48.6 Å². The fourth-order valence-electron chi connectivity index (χ4n) is 3.15. The molecule has 4 nitrogen and oxygen atoms in total. The molecule has 0 saturated heterocycles. The Labute approximate surface area is 192 Å². The van der Waals surface area contributed by atoms with Gasteiger partial charge in [-0.15, -0.1) is 0 Å². The molecule has 0 saturated carbocycles. The van der Waals surface area contributed by atoms with Gasteiger partial charge >= 0.3 is 0 Å².